The molecule has 0 aliphatic rings. The summed E-state index contributed by atoms with van der Waals surface area (Å²) in [5, 5.41) is 0.720. The smallest absolute Gasteiger partial charge is 0.150 e. The second-order valence-electron chi connectivity index (χ2n) is 4.84. The van der Waals surface area contributed by atoms with Crippen LogP contribution in [0.25, 0.3) is 0 Å². The van der Waals surface area contributed by atoms with Gasteiger partial charge in [-0.3, -0.25) is 0 Å². The minimum atomic E-state index is -2.93. The fourth-order valence-corrected chi connectivity index (χ4v) is 3.77. The zero-order chi connectivity index (χ0) is 14.3. The predicted molar refractivity (Wildman–Crippen MR) is 81.3 cm³/mol. The average Bonchev–Trinajstić information content (AvgIpc) is 2.36. The van der Waals surface area contributed by atoms with Gasteiger partial charge in [0.1, 0.15) is 9.84 Å². The van der Waals surface area contributed by atoms with E-state index in [0.29, 0.717) is 19.4 Å². The van der Waals surface area contributed by atoms with E-state index in [4.69, 9.17) is 17.3 Å². The molecule has 0 aliphatic heterocycles. The maximum Gasteiger partial charge on any atom is 0.150 e. The first-order valence-corrected chi connectivity index (χ1v) is 8.82. The molecule has 0 radical (unpaired) electrons. The van der Waals surface area contributed by atoms with Gasteiger partial charge in [-0.05, 0) is 43.4 Å². The van der Waals surface area contributed by atoms with Crippen LogP contribution in [0.3, 0.4) is 0 Å². The second kappa shape index (κ2) is 7.88. The zero-order valence-electron chi connectivity index (χ0n) is 11.3. The fraction of sp³-hybridized carbons (Fsp3) is 0.571. The van der Waals surface area contributed by atoms with Gasteiger partial charge in [-0.25, -0.2) is 8.42 Å². The Morgan fingerprint density at radius 2 is 1.95 bits per heavy atom. The Morgan fingerprint density at radius 1 is 1.26 bits per heavy atom. The third-order valence-electron chi connectivity index (χ3n) is 3.15. The Balaban J connectivity index is 2.58. The topological polar surface area (TPSA) is 60.2 Å². The average molecular weight is 304 g/mol. The van der Waals surface area contributed by atoms with Crippen molar-refractivity contribution in [3.8, 4) is 0 Å². The van der Waals surface area contributed by atoms with Crippen molar-refractivity contribution in [2.75, 3.05) is 18.1 Å². The van der Waals surface area contributed by atoms with Gasteiger partial charge in [0.25, 0.3) is 0 Å². The largest absolute Gasteiger partial charge is 0.330 e. The van der Waals surface area contributed by atoms with Gasteiger partial charge in [0, 0.05) is 10.8 Å². The Morgan fingerprint density at radius 3 is 2.53 bits per heavy atom. The number of hydrogen-bond donors (Lipinski definition) is 1. The lowest BCUT2D eigenvalue weighted by molar-refractivity contribution is 0.511. The van der Waals surface area contributed by atoms with Gasteiger partial charge >= 0.3 is 0 Å². The highest BCUT2D eigenvalue weighted by atomic mass is 35.5. The zero-order valence-corrected chi connectivity index (χ0v) is 12.9. The quantitative estimate of drug-likeness (QED) is 0.803. The molecule has 1 rings (SSSR count). The van der Waals surface area contributed by atoms with Crippen LogP contribution in [0, 0.1) is 5.92 Å². The molecule has 1 aromatic carbocycles. The lowest BCUT2D eigenvalue weighted by atomic mass is 9.97. The van der Waals surface area contributed by atoms with E-state index in [1.165, 1.54) is 0 Å². The van der Waals surface area contributed by atoms with Crippen LogP contribution in [-0.2, 0) is 16.3 Å². The molecule has 0 heterocycles. The molecule has 3 nitrogen and oxygen atoms in total. The molecule has 0 spiro atoms. The van der Waals surface area contributed by atoms with E-state index in [-0.39, 0.29) is 17.4 Å². The van der Waals surface area contributed by atoms with E-state index >= 15 is 0 Å². The molecule has 1 aromatic rings. The molecule has 0 fully saturated rings. The van der Waals surface area contributed by atoms with Crippen molar-refractivity contribution >= 4 is 21.4 Å². The molecule has 0 saturated heterocycles. The van der Waals surface area contributed by atoms with Crippen LogP contribution in [0.15, 0.2) is 24.3 Å². The number of sulfone groups is 1. The maximum atomic E-state index is 11.7. The van der Waals surface area contributed by atoms with Gasteiger partial charge in [-0.15, -0.1) is 0 Å². The summed E-state index contributed by atoms with van der Waals surface area (Å²) < 4.78 is 23.4. The van der Waals surface area contributed by atoms with Crippen molar-refractivity contribution in [2.24, 2.45) is 11.7 Å². The third kappa shape index (κ3) is 5.93. The van der Waals surface area contributed by atoms with Gasteiger partial charge in [0.2, 0.25) is 0 Å². The van der Waals surface area contributed by atoms with E-state index in [9.17, 15) is 8.42 Å². The van der Waals surface area contributed by atoms with Gasteiger partial charge in [-0.2, -0.15) is 0 Å². The summed E-state index contributed by atoms with van der Waals surface area (Å²) in [5.74, 6) is 0.635. The number of nitrogens with two attached hydrogens (primary N) is 1. The Hall–Kier alpha value is -0.580. The van der Waals surface area contributed by atoms with Crippen LogP contribution in [0.2, 0.25) is 5.02 Å². The molecule has 0 aromatic heterocycles. The van der Waals surface area contributed by atoms with Crippen molar-refractivity contribution in [1.82, 2.24) is 0 Å². The summed E-state index contributed by atoms with van der Waals surface area (Å²) in [5.41, 5.74) is 6.77. The monoisotopic (exact) mass is 303 g/mol. The highest BCUT2D eigenvalue weighted by Crippen LogP contribution is 2.20. The van der Waals surface area contributed by atoms with E-state index in [2.05, 4.69) is 0 Å². The molecule has 19 heavy (non-hydrogen) atoms. The lowest BCUT2D eigenvalue weighted by Crippen LogP contribution is -2.21. The van der Waals surface area contributed by atoms with E-state index < -0.39 is 9.84 Å². The van der Waals surface area contributed by atoms with E-state index in [0.717, 1.165) is 17.0 Å². The molecular weight excluding hydrogens is 282 g/mol. The molecule has 1 unspecified atom stereocenters. The molecule has 2 N–H and O–H groups in total. The molecule has 0 aliphatic carbocycles. The van der Waals surface area contributed by atoms with E-state index in [1.807, 2.05) is 31.2 Å². The number of rotatable bonds is 8. The van der Waals surface area contributed by atoms with Crippen LogP contribution in [0.5, 0.6) is 0 Å². The Bertz CT molecular complexity index is 488. The van der Waals surface area contributed by atoms with E-state index in [1.54, 1.807) is 0 Å². The van der Waals surface area contributed by atoms with Crippen molar-refractivity contribution in [2.45, 2.75) is 26.2 Å². The van der Waals surface area contributed by atoms with Crippen LogP contribution >= 0.6 is 11.6 Å². The van der Waals surface area contributed by atoms with Gasteiger partial charge in [0.15, 0.2) is 0 Å². The van der Waals surface area contributed by atoms with Gasteiger partial charge in [-0.1, -0.05) is 36.7 Å². The van der Waals surface area contributed by atoms with Crippen molar-refractivity contribution in [3.05, 3.63) is 34.9 Å². The highest BCUT2D eigenvalue weighted by molar-refractivity contribution is 7.91. The minimum Gasteiger partial charge on any atom is -0.330 e. The third-order valence-corrected chi connectivity index (χ3v) is 5.41. The van der Waals surface area contributed by atoms with Crippen molar-refractivity contribution < 1.29 is 8.42 Å². The molecule has 1 atom stereocenters. The molecule has 5 heteroatoms. The predicted octanol–water partition coefficient (Wildman–Crippen LogP) is 2.67. The molecular formula is C14H22ClNO2S. The normalized spacial score (nSPS) is 13.4. The maximum absolute atomic E-state index is 11.7. The highest BCUT2D eigenvalue weighted by Gasteiger charge is 2.15. The summed E-state index contributed by atoms with van der Waals surface area (Å²) in [6.07, 6.45) is 2.00. The van der Waals surface area contributed by atoms with Crippen molar-refractivity contribution in [3.63, 3.8) is 0 Å². The SMILES string of the molecule is CCCS(=O)(=O)CCC(CN)Cc1ccccc1Cl. The number of benzene rings is 1. The second-order valence-corrected chi connectivity index (χ2v) is 7.55. The standard InChI is InChI=1S/C14H22ClNO2S/c1-2-8-19(17,18)9-7-12(11-16)10-13-5-3-4-6-14(13)15/h3-6,12H,2,7-11,16H2,1H3. The van der Waals surface area contributed by atoms with Crippen LogP contribution in [-0.4, -0.2) is 26.5 Å². The summed E-state index contributed by atoms with van der Waals surface area (Å²) in [6.45, 7) is 2.36. The molecule has 0 saturated carbocycles. The van der Waals surface area contributed by atoms with Gasteiger partial charge < -0.3 is 5.73 Å². The molecule has 0 bridgehead atoms. The first-order chi connectivity index (χ1) is 8.98. The Labute approximate surface area is 121 Å². The van der Waals surface area contributed by atoms with Crippen LogP contribution in [0.4, 0.5) is 0 Å². The summed E-state index contributed by atoms with van der Waals surface area (Å²) in [6, 6.07) is 7.63. The lowest BCUT2D eigenvalue weighted by Gasteiger charge is -2.15. The summed E-state index contributed by atoms with van der Waals surface area (Å²) >= 11 is 6.11. The number of halogens is 1. The minimum absolute atomic E-state index is 0.159. The fourth-order valence-electron chi connectivity index (χ4n) is 2.04. The summed E-state index contributed by atoms with van der Waals surface area (Å²) in [7, 11) is -2.93. The Kier molecular flexibility index (Phi) is 6.83. The van der Waals surface area contributed by atoms with Crippen molar-refractivity contribution in [1.29, 1.82) is 0 Å². The first-order valence-electron chi connectivity index (χ1n) is 6.62. The number of hydrogen-bond acceptors (Lipinski definition) is 3. The van der Waals surface area contributed by atoms with Crippen LogP contribution in [0.1, 0.15) is 25.3 Å². The van der Waals surface area contributed by atoms with Gasteiger partial charge in [0.05, 0.1) is 5.75 Å². The molecule has 0 amide bonds. The summed E-state index contributed by atoms with van der Waals surface area (Å²) in [4.78, 5) is 0. The molecule has 108 valence electrons. The first kappa shape index (κ1) is 16.5. The van der Waals surface area contributed by atoms with Crippen LogP contribution < -0.4 is 5.73 Å².